The maximum absolute atomic E-state index is 13.8. The summed E-state index contributed by atoms with van der Waals surface area (Å²) in [5, 5.41) is 5.39. The molecule has 2 aromatic rings. The minimum Gasteiger partial charge on any atom is -0.322 e. The van der Waals surface area contributed by atoms with E-state index in [0.29, 0.717) is 11.6 Å². The second-order valence-corrected chi connectivity index (χ2v) is 6.17. The third-order valence-corrected chi connectivity index (χ3v) is 4.55. The molecular weight excluding hydrogens is 307 g/mol. The first-order chi connectivity index (χ1) is 11.7. The summed E-state index contributed by atoms with van der Waals surface area (Å²) in [4.78, 5) is 22.7. The fraction of sp³-hybridized carbons (Fsp3) is 0.316. The van der Waals surface area contributed by atoms with Crippen LogP contribution in [0.3, 0.4) is 0 Å². The van der Waals surface area contributed by atoms with Crippen LogP contribution in [0.1, 0.15) is 53.9 Å². The Morgan fingerprint density at radius 3 is 2.42 bits per heavy atom. The summed E-state index contributed by atoms with van der Waals surface area (Å²) in [5.74, 6) is -0.682. The van der Waals surface area contributed by atoms with Crippen molar-refractivity contribution >= 4 is 17.3 Å². The molecule has 1 fully saturated rings. The highest BCUT2D eigenvalue weighted by molar-refractivity contribution is 6.04. The Morgan fingerprint density at radius 2 is 1.75 bits per heavy atom. The van der Waals surface area contributed by atoms with Crippen LogP contribution in [0.25, 0.3) is 0 Å². The van der Waals surface area contributed by atoms with E-state index in [4.69, 9.17) is 0 Å². The lowest BCUT2D eigenvalue weighted by Crippen LogP contribution is -2.13. The van der Waals surface area contributed by atoms with Crippen LogP contribution in [0.2, 0.25) is 0 Å². The Morgan fingerprint density at radius 1 is 1.04 bits per heavy atom. The maximum Gasteiger partial charge on any atom is 0.258 e. The Hall–Kier alpha value is -2.56. The van der Waals surface area contributed by atoms with E-state index in [1.165, 1.54) is 43.7 Å². The molecule has 1 N–H and O–H groups in total. The van der Waals surface area contributed by atoms with E-state index in [2.05, 4.69) is 10.5 Å². The summed E-state index contributed by atoms with van der Waals surface area (Å²) >= 11 is 0. The Kier molecular flexibility index (Phi) is 4.99. The number of nitroso groups, excluding NO2 is 1. The number of amides is 1. The summed E-state index contributed by atoms with van der Waals surface area (Å²) < 4.78 is 13.8. The van der Waals surface area contributed by atoms with Crippen molar-refractivity contribution in [2.75, 3.05) is 5.32 Å². The van der Waals surface area contributed by atoms with Crippen molar-refractivity contribution in [2.24, 2.45) is 5.18 Å². The average molecular weight is 326 g/mol. The minimum atomic E-state index is -0.682. The molecule has 1 amide bonds. The third kappa shape index (κ3) is 3.67. The molecule has 4 nitrogen and oxygen atoms in total. The first-order valence-corrected chi connectivity index (χ1v) is 8.21. The monoisotopic (exact) mass is 326 g/mol. The largest absolute Gasteiger partial charge is 0.322 e. The molecule has 1 aliphatic rings. The summed E-state index contributed by atoms with van der Waals surface area (Å²) in [6, 6.07) is 11.2. The second kappa shape index (κ2) is 7.34. The molecule has 5 heteroatoms. The van der Waals surface area contributed by atoms with Crippen molar-refractivity contribution in [3.8, 4) is 0 Å². The number of hydrogen-bond donors (Lipinski definition) is 1. The fourth-order valence-corrected chi connectivity index (χ4v) is 3.22. The zero-order chi connectivity index (χ0) is 16.9. The van der Waals surface area contributed by atoms with Gasteiger partial charge in [-0.25, -0.2) is 4.39 Å². The van der Waals surface area contributed by atoms with Crippen molar-refractivity contribution < 1.29 is 9.18 Å². The van der Waals surface area contributed by atoms with Crippen LogP contribution in [0.5, 0.6) is 0 Å². The van der Waals surface area contributed by atoms with Crippen molar-refractivity contribution in [3.63, 3.8) is 0 Å². The van der Waals surface area contributed by atoms with Gasteiger partial charge in [-0.05, 0) is 59.8 Å². The smallest absolute Gasteiger partial charge is 0.258 e. The Labute approximate surface area is 140 Å². The zero-order valence-corrected chi connectivity index (χ0v) is 13.3. The average Bonchev–Trinajstić information content (AvgIpc) is 2.63. The fourth-order valence-electron chi connectivity index (χ4n) is 3.22. The van der Waals surface area contributed by atoms with E-state index in [0.717, 1.165) is 12.1 Å². The van der Waals surface area contributed by atoms with Crippen molar-refractivity contribution in [3.05, 3.63) is 64.3 Å². The number of rotatable bonds is 4. The molecular formula is C19H19FN2O2. The molecule has 24 heavy (non-hydrogen) atoms. The molecule has 0 aliphatic heterocycles. The van der Waals surface area contributed by atoms with Crippen LogP contribution in [-0.4, -0.2) is 5.91 Å². The summed E-state index contributed by atoms with van der Waals surface area (Å²) in [7, 11) is 0. The molecule has 2 aromatic carbocycles. The van der Waals surface area contributed by atoms with Gasteiger partial charge in [0.1, 0.15) is 11.5 Å². The van der Waals surface area contributed by atoms with Gasteiger partial charge in [0.25, 0.3) is 5.91 Å². The van der Waals surface area contributed by atoms with Crippen molar-refractivity contribution in [1.29, 1.82) is 0 Å². The second-order valence-electron chi connectivity index (χ2n) is 6.17. The van der Waals surface area contributed by atoms with Gasteiger partial charge in [0.15, 0.2) is 0 Å². The van der Waals surface area contributed by atoms with Gasteiger partial charge in [0.2, 0.25) is 0 Å². The zero-order valence-electron chi connectivity index (χ0n) is 13.3. The molecule has 1 saturated carbocycles. The summed E-state index contributed by atoms with van der Waals surface area (Å²) in [6.45, 7) is 0. The van der Waals surface area contributed by atoms with E-state index in [9.17, 15) is 14.1 Å². The maximum atomic E-state index is 13.8. The number of benzene rings is 2. The van der Waals surface area contributed by atoms with E-state index in [1.54, 1.807) is 0 Å². The van der Waals surface area contributed by atoms with Gasteiger partial charge in [0, 0.05) is 5.69 Å². The van der Waals surface area contributed by atoms with E-state index < -0.39 is 11.7 Å². The van der Waals surface area contributed by atoms with Gasteiger partial charge in [-0.15, -0.1) is 4.91 Å². The number of nitrogens with one attached hydrogen (secondary N) is 1. The first kappa shape index (κ1) is 16.3. The predicted molar refractivity (Wildman–Crippen MR) is 92.1 cm³/mol. The number of hydrogen-bond acceptors (Lipinski definition) is 3. The van der Waals surface area contributed by atoms with Gasteiger partial charge in [-0.1, -0.05) is 31.4 Å². The normalized spacial score (nSPS) is 15.0. The van der Waals surface area contributed by atoms with Gasteiger partial charge in [0.05, 0.1) is 5.56 Å². The molecule has 0 unspecified atom stereocenters. The number of carbonyl (C=O) groups excluding carboxylic acids is 1. The molecule has 0 aromatic heterocycles. The van der Waals surface area contributed by atoms with Gasteiger partial charge >= 0.3 is 0 Å². The predicted octanol–water partition coefficient (Wildman–Crippen LogP) is 5.52. The molecule has 1 aliphatic carbocycles. The molecule has 3 rings (SSSR count). The Bertz CT molecular complexity index is 738. The van der Waals surface area contributed by atoms with Crippen LogP contribution >= 0.6 is 0 Å². The highest BCUT2D eigenvalue weighted by atomic mass is 19.1. The van der Waals surface area contributed by atoms with E-state index in [1.807, 2.05) is 24.3 Å². The molecule has 0 radical (unpaired) electrons. The third-order valence-electron chi connectivity index (χ3n) is 4.55. The summed E-state index contributed by atoms with van der Waals surface area (Å²) in [6.07, 6.45) is 6.27. The molecule has 0 spiro atoms. The Balaban J connectivity index is 1.71. The number of halogens is 1. The van der Waals surface area contributed by atoms with Crippen LogP contribution in [0.15, 0.2) is 47.6 Å². The molecule has 0 atom stereocenters. The summed E-state index contributed by atoms with van der Waals surface area (Å²) in [5.41, 5.74) is 1.71. The van der Waals surface area contributed by atoms with Gasteiger partial charge < -0.3 is 5.32 Å². The SMILES string of the molecule is O=Nc1ccc(F)c(C(=O)Nc2ccc(C3CCCCC3)cc2)c1. The van der Waals surface area contributed by atoms with Crippen molar-refractivity contribution in [1.82, 2.24) is 0 Å². The minimum absolute atomic E-state index is 0.0224. The highest BCUT2D eigenvalue weighted by Gasteiger charge is 2.16. The van der Waals surface area contributed by atoms with Crippen LogP contribution in [0.4, 0.5) is 15.8 Å². The molecule has 0 heterocycles. The topological polar surface area (TPSA) is 58.5 Å². The van der Waals surface area contributed by atoms with Gasteiger partial charge in [-0.3, -0.25) is 4.79 Å². The van der Waals surface area contributed by atoms with Crippen molar-refractivity contribution in [2.45, 2.75) is 38.0 Å². The first-order valence-electron chi connectivity index (χ1n) is 8.21. The quantitative estimate of drug-likeness (QED) is 0.752. The van der Waals surface area contributed by atoms with Crippen LogP contribution < -0.4 is 5.32 Å². The van der Waals surface area contributed by atoms with E-state index in [-0.39, 0.29) is 11.3 Å². The molecule has 0 bridgehead atoms. The van der Waals surface area contributed by atoms with E-state index >= 15 is 0 Å². The lowest BCUT2D eigenvalue weighted by atomic mass is 9.84. The lowest BCUT2D eigenvalue weighted by molar-refractivity contribution is 0.102. The van der Waals surface area contributed by atoms with Gasteiger partial charge in [-0.2, -0.15) is 0 Å². The standard InChI is InChI=1S/C19H19FN2O2/c20-18-11-10-16(22-24)12-17(18)19(23)21-15-8-6-14(7-9-15)13-4-2-1-3-5-13/h6-13H,1-5H2,(H,21,23). The van der Waals surface area contributed by atoms with Crippen LogP contribution in [-0.2, 0) is 0 Å². The highest BCUT2D eigenvalue weighted by Crippen LogP contribution is 2.33. The molecule has 0 saturated heterocycles. The number of nitrogens with zero attached hydrogens (tertiary/aromatic N) is 1. The number of anilines is 1. The lowest BCUT2D eigenvalue weighted by Gasteiger charge is -2.22. The van der Waals surface area contributed by atoms with Crippen LogP contribution in [0, 0.1) is 10.7 Å². The number of carbonyl (C=O) groups is 1. The molecule has 124 valence electrons.